The predicted octanol–water partition coefficient (Wildman–Crippen LogP) is 3.91. The molecule has 6 heteroatoms. The summed E-state index contributed by atoms with van der Waals surface area (Å²) < 4.78 is 5.81. The third-order valence-electron chi connectivity index (χ3n) is 9.09. The number of benzene rings is 1. The minimum Gasteiger partial charge on any atom is -0.461 e. The molecule has 5 rings (SSSR count). The van der Waals surface area contributed by atoms with E-state index in [2.05, 4.69) is 24.8 Å². The van der Waals surface area contributed by atoms with Gasteiger partial charge in [0, 0.05) is 42.4 Å². The Labute approximate surface area is 195 Å². The molecule has 6 atom stereocenters. The molecule has 174 valence electrons. The highest BCUT2D eigenvalue weighted by Gasteiger charge is 2.59. The molecule has 1 aromatic carbocycles. The molecule has 0 spiro atoms. The molecule has 5 nitrogen and oxygen atoms in total. The van der Waals surface area contributed by atoms with Crippen LogP contribution in [0.25, 0.3) is 0 Å². The molecular weight excluding hydrogens is 426 g/mol. The fourth-order valence-electron chi connectivity index (χ4n) is 6.71. The first kappa shape index (κ1) is 22.4. The van der Waals surface area contributed by atoms with Gasteiger partial charge in [-0.15, -0.1) is 0 Å². The van der Waals surface area contributed by atoms with E-state index >= 15 is 0 Å². The molecule has 2 saturated heterocycles. The van der Waals surface area contributed by atoms with E-state index in [0.29, 0.717) is 43.4 Å². The molecule has 1 saturated carbocycles. The van der Waals surface area contributed by atoms with Gasteiger partial charge in [-0.05, 0) is 49.3 Å². The molecule has 0 bridgehead atoms. The second-order valence-corrected chi connectivity index (χ2v) is 11.1. The largest absolute Gasteiger partial charge is 0.461 e. The lowest BCUT2D eigenvalue weighted by atomic mass is 9.55. The van der Waals surface area contributed by atoms with Gasteiger partial charge in [0.2, 0.25) is 0 Å². The number of allylic oxidation sites excluding steroid dienone is 1. The van der Waals surface area contributed by atoms with Crippen LogP contribution in [0.2, 0.25) is 5.02 Å². The number of fused-ring (bicyclic) bond motifs is 2. The van der Waals surface area contributed by atoms with Gasteiger partial charge in [-0.1, -0.05) is 49.2 Å². The number of piperidine rings is 1. The van der Waals surface area contributed by atoms with Crippen molar-refractivity contribution >= 4 is 17.6 Å². The lowest BCUT2D eigenvalue weighted by Crippen LogP contribution is -2.55. The van der Waals surface area contributed by atoms with E-state index in [4.69, 9.17) is 16.3 Å². The highest BCUT2D eigenvalue weighted by Crippen LogP contribution is 2.56. The minimum atomic E-state index is -0.866. The monoisotopic (exact) mass is 459 g/mol. The zero-order valence-electron chi connectivity index (χ0n) is 19.0. The number of esters is 1. The first-order valence-electron chi connectivity index (χ1n) is 12.0. The average molecular weight is 460 g/mol. The van der Waals surface area contributed by atoms with Crippen LogP contribution in [0, 0.1) is 23.2 Å². The van der Waals surface area contributed by atoms with Gasteiger partial charge in [-0.2, -0.15) is 0 Å². The Morgan fingerprint density at radius 1 is 1.22 bits per heavy atom. The topological polar surface area (TPSA) is 70.0 Å². The summed E-state index contributed by atoms with van der Waals surface area (Å²) >= 11 is 6.00. The highest BCUT2D eigenvalue weighted by molar-refractivity contribution is 6.30. The van der Waals surface area contributed by atoms with E-state index in [9.17, 15) is 15.0 Å². The number of halogens is 1. The van der Waals surface area contributed by atoms with Gasteiger partial charge in [0.1, 0.15) is 6.10 Å². The molecule has 2 heterocycles. The second kappa shape index (κ2) is 8.12. The SMILES string of the molecule is C[C@H]1CCC=C2C[C@H]3OC(=O)[C@H](CN4CCC(O)(c5ccc(Cl)cc5)CC4)[C@H]3[C@H](O)[C@@]21C. The van der Waals surface area contributed by atoms with Crippen molar-refractivity contribution in [1.82, 2.24) is 4.90 Å². The molecule has 3 fully saturated rings. The number of carbonyl (C=O) groups is 1. The summed E-state index contributed by atoms with van der Waals surface area (Å²) in [5.74, 6) is -0.265. The zero-order valence-corrected chi connectivity index (χ0v) is 19.7. The molecule has 0 amide bonds. The van der Waals surface area contributed by atoms with Crippen molar-refractivity contribution in [2.24, 2.45) is 23.2 Å². The second-order valence-electron chi connectivity index (χ2n) is 10.6. The fraction of sp³-hybridized carbons (Fsp3) is 0.654. The smallest absolute Gasteiger partial charge is 0.311 e. The van der Waals surface area contributed by atoms with Crippen molar-refractivity contribution in [2.45, 2.75) is 63.8 Å². The Kier molecular flexibility index (Phi) is 5.68. The van der Waals surface area contributed by atoms with E-state index < -0.39 is 11.7 Å². The zero-order chi connectivity index (χ0) is 22.7. The van der Waals surface area contributed by atoms with Gasteiger partial charge in [0.05, 0.1) is 17.6 Å². The van der Waals surface area contributed by atoms with E-state index in [1.54, 1.807) is 0 Å². The number of nitrogens with zero attached hydrogens (tertiary/aromatic N) is 1. The van der Waals surface area contributed by atoms with Gasteiger partial charge < -0.3 is 19.8 Å². The predicted molar refractivity (Wildman–Crippen MR) is 123 cm³/mol. The average Bonchev–Trinajstić information content (AvgIpc) is 3.07. The first-order valence-corrected chi connectivity index (χ1v) is 12.4. The van der Waals surface area contributed by atoms with Crippen molar-refractivity contribution in [2.75, 3.05) is 19.6 Å². The summed E-state index contributed by atoms with van der Waals surface area (Å²) in [5, 5.41) is 23.4. The van der Waals surface area contributed by atoms with Crippen LogP contribution in [0.3, 0.4) is 0 Å². The Bertz CT molecular complexity index is 907. The van der Waals surface area contributed by atoms with Crippen LogP contribution in [0.1, 0.15) is 51.5 Å². The summed E-state index contributed by atoms with van der Waals surface area (Å²) in [6.07, 6.45) is 5.55. The summed E-state index contributed by atoms with van der Waals surface area (Å²) in [4.78, 5) is 15.1. The maximum atomic E-state index is 12.9. The van der Waals surface area contributed by atoms with Gasteiger partial charge in [-0.25, -0.2) is 0 Å². The van der Waals surface area contributed by atoms with E-state index in [0.717, 1.165) is 24.8 Å². The lowest BCUT2D eigenvalue weighted by molar-refractivity contribution is -0.145. The molecule has 0 aromatic heterocycles. The van der Waals surface area contributed by atoms with Crippen molar-refractivity contribution in [3.63, 3.8) is 0 Å². The molecule has 2 aliphatic heterocycles. The van der Waals surface area contributed by atoms with Crippen LogP contribution in [0.4, 0.5) is 0 Å². The summed E-state index contributed by atoms with van der Waals surface area (Å²) in [5.41, 5.74) is 1.02. The van der Waals surface area contributed by atoms with Crippen molar-refractivity contribution < 1.29 is 19.7 Å². The van der Waals surface area contributed by atoms with Gasteiger partial charge in [0.25, 0.3) is 0 Å². The van der Waals surface area contributed by atoms with Crippen LogP contribution < -0.4 is 0 Å². The third-order valence-corrected chi connectivity index (χ3v) is 9.34. The molecule has 0 radical (unpaired) electrons. The fourth-order valence-corrected chi connectivity index (χ4v) is 6.83. The van der Waals surface area contributed by atoms with Gasteiger partial charge >= 0.3 is 5.97 Å². The molecule has 1 aromatic rings. The number of hydrogen-bond donors (Lipinski definition) is 2. The van der Waals surface area contributed by atoms with E-state index in [-0.39, 0.29) is 29.3 Å². The van der Waals surface area contributed by atoms with Crippen LogP contribution in [-0.4, -0.2) is 52.9 Å². The summed E-state index contributed by atoms with van der Waals surface area (Å²) in [7, 11) is 0. The number of aliphatic hydroxyl groups excluding tert-OH is 1. The highest BCUT2D eigenvalue weighted by atomic mass is 35.5. The molecule has 2 N–H and O–H groups in total. The number of hydrogen-bond acceptors (Lipinski definition) is 5. The van der Waals surface area contributed by atoms with Crippen molar-refractivity contribution in [3.05, 3.63) is 46.5 Å². The van der Waals surface area contributed by atoms with Crippen LogP contribution in [-0.2, 0) is 15.1 Å². The van der Waals surface area contributed by atoms with Crippen molar-refractivity contribution in [1.29, 1.82) is 0 Å². The number of likely N-dealkylation sites (tertiary alicyclic amines) is 1. The number of carbonyl (C=O) groups excluding carboxylic acids is 1. The van der Waals surface area contributed by atoms with Gasteiger partial charge in [0.15, 0.2) is 0 Å². The molecular formula is C26H34ClNO4. The Morgan fingerprint density at radius 2 is 1.91 bits per heavy atom. The first-order chi connectivity index (χ1) is 15.2. The van der Waals surface area contributed by atoms with Crippen molar-refractivity contribution in [3.8, 4) is 0 Å². The lowest BCUT2D eigenvalue weighted by Gasteiger charge is -2.52. The standard InChI is InChI=1S/C26H34ClNO4/c1-16-4-3-5-18-14-21-22(23(29)25(16,18)2)20(24(30)32-21)15-28-12-10-26(31,11-13-28)17-6-8-19(27)9-7-17/h5-9,16,20-23,29,31H,3-4,10-15H2,1-2H3/t16-,20+,21+,22+,23-,25+/m0/s1. The van der Waals surface area contributed by atoms with Crippen LogP contribution in [0.5, 0.6) is 0 Å². The van der Waals surface area contributed by atoms with Crippen LogP contribution in [0.15, 0.2) is 35.9 Å². The maximum absolute atomic E-state index is 12.9. The number of ether oxygens (including phenoxy) is 1. The van der Waals surface area contributed by atoms with Gasteiger partial charge in [-0.3, -0.25) is 4.79 Å². The number of aliphatic hydroxyl groups is 2. The van der Waals surface area contributed by atoms with E-state index in [1.165, 1.54) is 5.57 Å². The van der Waals surface area contributed by atoms with Crippen LogP contribution >= 0.6 is 11.6 Å². The third kappa shape index (κ3) is 3.53. The molecule has 0 unspecified atom stereocenters. The molecule has 32 heavy (non-hydrogen) atoms. The molecule has 4 aliphatic rings. The maximum Gasteiger partial charge on any atom is 0.311 e. The Morgan fingerprint density at radius 3 is 2.59 bits per heavy atom. The quantitative estimate of drug-likeness (QED) is 0.529. The number of rotatable bonds is 3. The summed E-state index contributed by atoms with van der Waals surface area (Å²) in [6.45, 7) is 6.39. The molecule has 2 aliphatic carbocycles. The Balaban J connectivity index is 1.29. The summed E-state index contributed by atoms with van der Waals surface area (Å²) in [6, 6.07) is 7.42. The van der Waals surface area contributed by atoms with E-state index in [1.807, 2.05) is 24.3 Å². The normalized spacial score (nSPS) is 39.1. The Hall–Kier alpha value is -1.40. The minimum absolute atomic E-state index is 0.165.